The lowest BCUT2D eigenvalue weighted by molar-refractivity contribution is -0.129. The van der Waals surface area contributed by atoms with E-state index >= 15 is 0 Å². The van der Waals surface area contributed by atoms with E-state index in [0.717, 1.165) is 12.1 Å². The van der Waals surface area contributed by atoms with E-state index in [1.807, 2.05) is 13.8 Å². The van der Waals surface area contributed by atoms with Crippen LogP contribution in [0.2, 0.25) is 0 Å². The molecule has 2 rings (SSSR count). The highest BCUT2D eigenvalue weighted by Crippen LogP contribution is 2.17. The Kier molecular flexibility index (Phi) is 13.7. The molecule has 0 fully saturated rings. The Morgan fingerprint density at radius 2 is 1.44 bits per heavy atom. The molecule has 0 spiro atoms. The largest absolute Gasteiger partial charge is 0.390 e. The van der Waals surface area contributed by atoms with Gasteiger partial charge >= 0.3 is 0 Å². The summed E-state index contributed by atoms with van der Waals surface area (Å²) in [7, 11) is 0. The molecule has 12 heteroatoms. The van der Waals surface area contributed by atoms with E-state index in [-0.39, 0.29) is 53.0 Å². The summed E-state index contributed by atoms with van der Waals surface area (Å²) in [5.74, 6) is -4.20. The molecule has 43 heavy (non-hydrogen) atoms. The van der Waals surface area contributed by atoms with Gasteiger partial charge in [-0.05, 0) is 55.2 Å². The van der Waals surface area contributed by atoms with Gasteiger partial charge in [-0.25, -0.2) is 13.8 Å². The SMILES string of the molecule is CCCN(CCC)C(=O)c1cc(C(N)=O)cc(C(=O)NC(Cc2cc(F)cc(F)c2)C(O)CN(CC)NC(=O)C(C)C)c1. The summed E-state index contributed by atoms with van der Waals surface area (Å²) in [5, 5.41) is 15.4. The summed E-state index contributed by atoms with van der Waals surface area (Å²) in [5.41, 5.74) is 8.37. The second kappa shape index (κ2) is 16.7. The van der Waals surface area contributed by atoms with Gasteiger partial charge in [0, 0.05) is 54.9 Å². The van der Waals surface area contributed by atoms with Crippen molar-refractivity contribution < 1.29 is 33.1 Å². The van der Waals surface area contributed by atoms with Crippen molar-refractivity contribution in [3.8, 4) is 0 Å². The maximum atomic E-state index is 14.0. The van der Waals surface area contributed by atoms with Gasteiger partial charge < -0.3 is 21.1 Å². The minimum Gasteiger partial charge on any atom is -0.390 e. The van der Waals surface area contributed by atoms with Crippen molar-refractivity contribution in [1.29, 1.82) is 0 Å². The van der Waals surface area contributed by atoms with Crippen molar-refractivity contribution in [3.05, 3.63) is 70.3 Å². The maximum Gasteiger partial charge on any atom is 0.253 e. The van der Waals surface area contributed by atoms with Gasteiger partial charge in [-0.1, -0.05) is 34.6 Å². The molecule has 0 aliphatic carbocycles. The smallest absolute Gasteiger partial charge is 0.253 e. The predicted octanol–water partition coefficient (Wildman–Crippen LogP) is 3.04. The molecule has 0 heterocycles. The Bertz CT molecular complexity index is 1260. The molecule has 5 N–H and O–H groups in total. The number of hydrogen-bond acceptors (Lipinski definition) is 6. The minimum atomic E-state index is -1.31. The van der Waals surface area contributed by atoms with Gasteiger partial charge in [0.15, 0.2) is 0 Å². The average molecular weight is 604 g/mol. The quantitative estimate of drug-likeness (QED) is 0.217. The van der Waals surface area contributed by atoms with Crippen LogP contribution in [0.1, 0.15) is 84.1 Å². The molecule has 0 aliphatic rings. The molecule has 10 nitrogen and oxygen atoms in total. The molecule has 236 valence electrons. The number of carbonyl (C=O) groups excluding carboxylic acids is 4. The molecule has 0 aromatic heterocycles. The Morgan fingerprint density at radius 3 is 1.95 bits per heavy atom. The summed E-state index contributed by atoms with van der Waals surface area (Å²) >= 11 is 0. The number of amides is 4. The highest BCUT2D eigenvalue weighted by Gasteiger charge is 2.27. The number of aliphatic hydroxyl groups is 1. The molecule has 0 aliphatic heterocycles. The summed E-state index contributed by atoms with van der Waals surface area (Å²) in [6.45, 7) is 10.2. The molecule has 0 saturated heterocycles. The topological polar surface area (TPSA) is 145 Å². The number of likely N-dealkylation sites (N-methyl/N-ethyl adjacent to an activating group) is 1. The molecular weight excluding hydrogens is 560 g/mol. The van der Waals surface area contributed by atoms with Crippen molar-refractivity contribution in [2.24, 2.45) is 11.7 Å². The van der Waals surface area contributed by atoms with Gasteiger partial charge in [0.2, 0.25) is 11.8 Å². The molecule has 0 bridgehead atoms. The molecule has 0 radical (unpaired) electrons. The van der Waals surface area contributed by atoms with E-state index < -0.39 is 35.6 Å². The number of rotatable bonds is 16. The summed E-state index contributed by atoms with van der Waals surface area (Å²) in [6, 6.07) is 5.72. The molecule has 2 aromatic carbocycles. The van der Waals surface area contributed by atoms with E-state index in [4.69, 9.17) is 5.73 Å². The minimum absolute atomic E-state index is 0.0539. The predicted molar refractivity (Wildman–Crippen MR) is 159 cm³/mol. The van der Waals surface area contributed by atoms with E-state index in [0.29, 0.717) is 38.5 Å². The van der Waals surface area contributed by atoms with E-state index in [2.05, 4.69) is 10.7 Å². The molecule has 4 amide bonds. The normalized spacial score (nSPS) is 12.6. The van der Waals surface area contributed by atoms with Crippen LogP contribution in [0.15, 0.2) is 36.4 Å². The molecule has 0 saturated carbocycles. The lowest BCUT2D eigenvalue weighted by atomic mass is 9.99. The Balaban J connectivity index is 2.45. The maximum absolute atomic E-state index is 14.0. The fourth-order valence-electron chi connectivity index (χ4n) is 4.47. The zero-order chi connectivity index (χ0) is 32.3. The summed E-state index contributed by atoms with van der Waals surface area (Å²) < 4.78 is 28.0. The number of carbonyl (C=O) groups is 4. The number of hydrogen-bond donors (Lipinski definition) is 4. The van der Waals surface area contributed by atoms with Crippen LogP contribution < -0.4 is 16.5 Å². The number of aliphatic hydroxyl groups excluding tert-OH is 1. The van der Waals surface area contributed by atoms with Crippen LogP contribution in [0.25, 0.3) is 0 Å². The van der Waals surface area contributed by atoms with E-state index in [1.165, 1.54) is 23.2 Å². The highest BCUT2D eigenvalue weighted by atomic mass is 19.1. The van der Waals surface area contributed by atoms with Crippen molar-refractivity contribution >= 4 is 23.6 Å². The molecule has 2 aromatic rings. The number of primary amides is 1. The van der Waals surface area contributed by atoms with Crippen molar-refractivity contribution in [2.45, 2.75) is 66.0 Å². The van der Waals surface area contributed by atoms with Crippen LogP contribution in [-0.2, 0) is 11.2 Å². The third-order valence-electron chi connectivity index (χ3n) is 6.74. The van der Waals surface area contributed by atoms with Crippen LogP contribution in [0.5, 0.6) is 0 Å². The van der Waals surface area contributed by atoms with Gasteiger partial charge in [-0.2, -0.15) is 0 Å². The van der Waals surface area contributed by atoms with Gasteiger partial charge in [-0.3, -0.25) is 24.6 Å². The van der Waals surface area contributed by atoms with Crippen LogP contribution in [-0.4, -0.2) is 77.0 Å². The Labute approximate surface area is 251 Å². The standard InChI is InChI=1S/C31H43F2N5O5/c1-6-9-37(10-7-2)31(43)23-15-21(28(34)40)14-22(16-23)30(42)35-26(13-20-11-24(32)17-25(33)12-20)27(39)18-38(8-3)36-29(41)19(4)5/h11-12,14-17,19,26-27,39H,6-10,13,18H2,1-5H3,(H2,34,40)(H,35,42)(H,36,41). The van der Waals surface area contributed by atoms with Crippen LogP contribution in [0.4, 0.5) is 8.78 Å². The first-order chi connectivity index (χ1) is 20.3. The molecule has 2 unspecified atom stereocenters. The molecular formula is C31H43F2N5O5. The second-order valence-corrected chi connectivity index (χ2v) is 10.8. The number of nitrogens with zero attached hydrogens (tertiary/aromatic N) is 2. The van der Waals surface area contributed by atoms with Gasteiger partial charge in [0.1, 0.15) is 11.6 Å². The first-order valence-corrected chi connectivity index (χ1v) is 14.5. The number of nitrogens with two attached hydrogens (primary N) is 1. The fourth-order valence-corrected chi connectivity index (χ4v) is 4.47. The zero-order valence-electron chi connectivity index (χ0n) is 25.5. The lowest BCUT2D eigenvalue weighted by Crippen LogP contribution is -2.53. The monoisotopic (exact) mass is 603 g/mol. The number of hydrazine groups is 1. The Hall–Kier alpha value is -3.90. The number of benzene rings is 2. The number of halogens is 2. The average Bonchev–Trinajstić information content (AvgIpc) is 2.94. The van der Waals surface area contributed by atoms with Crippen molar-refractivity contribution in [3.63, 3.8) is 0 Å². The van der Waals surface area contributed by atoms with Gasteiger partial charge in [0.05, 0.1) is 12.1 Å². The molecule has 2 atom stereocenters. The van der Waals surface area contributed by atoms with Crippen molar-refractivity contribution in [2.75, 3.05) is 26.2 Å². The third kappa shape index (κ3) is 10.7. The lowest BCUT2D eigenvalue weighted by Gasteiger charge is -2.30. The van der Waals surface area contributed by atoms with Gasteiger partial charge in [0.25, 0.3) is 11.8 Å². The summed E-state index contributed by atoms with van der Waals surface area (Å²) in [6.07, 6.45) is -0.0605. The summed E-state index contributed by atoms with van der Waals surface area (Å²) in [4.78, 5) is 52.8. The first kappa shape index (κ1) is 35.3. The fraction of sp³-hybridized carbons (Fsp3) is 0.484. The third-order valence-corrected chi connectivity index (χ3v) is 6.74. The van der Waals surface area contributed by atoms with Crippen molar-refractivity contribution in [1.82, 2.24) is 20.7 Å². The van der Waals surface area contributed by atoms with Crippen LogP contribution in [0, 0.1) is 17.6 Å². The van der Waals surface area contributed by atoms with Crippen LogP contribution in [0.3, 0.4) is 0 Å². The van der Waals surface area contributed by atoms with E-state index in [9.17, 15) is 33.1 Å². The van der Waals surface area contributed by atoms with Crippen LogP contribution >= 0.6 is 0 Å². The zero-order valence-corrected chi connectivity index (χ0v) is 25.5. The Morgan fingerprint density at radius 1 is 0.884 bits per heavy atom. The second-order valence-electron chi connectivity index (χ2n) is 10.8. The van der Waals surface area contributed by atoms with Gasteiger partial charge in [-0.15, -0.1) is 0 Å². The first-order valence-electron chi connectivity index (χ1n) is 14.5. The van der Waals surface area contributed by atoms with E-state index in [1.54, 1.807) is 25.7 Å². The number of nitrogens with one attached hydrogen (secondary N) is 2. The highest BCUT2D eigenvalue weighted by molar-refractivity contribution is 6.04.